The van der Waals surface area contributed by atoms with Crippen LogP contribution in [0.1, 0.15) is 18.4 Å². The van der Waals surface area contributed by atoms with Gasteiger partial charge in [-0.25, -0.2) is 9.86 Å². The minimum Gasteiger partial charge on any atom is -0.303 e. The Balaban J connectivity index is 1.76. The number of nitrogens with two attached hydrogens (primary N) is 1. The number of hydrogen-bond acceptors (Lipinski definition) is 3. The maximum atomic E-state index is 10.9. The van der Waals surface area contributed by atoms with Crippen LogP contribution in [0.15, 0.2) is 30.3 Å². The van der Waals surface area contributed by atoms with Gasteiger partial charge in [0, 0.05) is 19.6 Å². The second-order valence-electron chi connectivity index (χ2n) is 5.44. The van der Waals surface area contributed by atoms with Gasteiger partial charge < -0.3 is 4.90 Å². The van der Waals surface area contributed by atoms with Crippen molar-refractivity contribution in [2.45, 2.75) is 19.3 Å². The van der Waals surface area contributed by atoms with Crippen molar-refractivity contribution in [3.63, 3.8) is 0 Å². The van der Waals surface area contributed by atoms with Gasteiger partial charge in [-0.1, -0.05) is 30.3 Å². The molecule has 0 amide bonds. The molecule has 0 aromatic heterocycles. The maximum Gasteiger partial charge on any atom is 0.274 e. The van der Waals surface area contributed by atoms with Gasteiger partial charge in [-0.15, -0.1) is 0 Å². The number of nitrogens with zero attached hydrogens (tertiary/aromatic N) is 1. The molecule has 1 saturated heterocycles. The van der Waals surface area contributed by atoms with Crippen LogP contribution in [-0.4, -0.2) is 39.5 Å². The summed E-state index contributed by atoms with van der Waals surface area (Å²) >= 11 is 0. The largest absolute Gasteiger partial charge is 0.303 e. The third-order valence-corrected chi connectivity index (χ3v) is 4.30. The Morgan fingerprint density at radius 1 is 1.30 bits per heavy atom. The van der Waals surface area contributed by atoms with E-state index < -0.39 is 10.2 Å². The van der Waals surface area contributed by atoms with Crippen LogP contribution in [0.3, 0.4) is 0 Å². The molecule has 1 aliphatic rings. The average molecular weight is 297 g/mol. The Bertz CT molecular complexity index is 504. The molecule has 112 valence electrons. The monoisotopic (exact) mass is 297 g/mol. The van der Waals surface area contributed by atoms with Crippen molar-refractivity contribution in [2.24, 2.45) is 11.1 Å². The van der Waals surface area contributed by atoms with Crippen LogP contribution in [0.5, 0.6) is 0 Å². The Hall–Kier alpha value is -0.950. The summed E-state index contributed by atoms with van der Waals surface area (Å²) < 4.78 is 24.2. The Kier molecular flexibility index (Phi) is 5.54. The SMILES string of the molecule is NS(=O)(=O)NCC1CCCN(CCc2ccccc2)C1. The summed E-state index contributed by atoms with van der Waals surface area (Å²) in [5, 5.41) is 4.97. The predicted octanol–water partition coefficient (Wildman–Crippen LogP) is 0.734. The zero-order valence-electron chi connectivity index (χ0n) is 11.7. The smallest absolute Gasteiger partial charge is 0.274 e. The molecule has 6 heteroatoms. The predicted molar refractivity (Wildman–Crippen MR) is 80.4 cm³/mol. The first-order valence-electron chi connectivity index (χ1n) is 7.06. The number of rotatable bonds is 6. The lowest BCUT2D eigenvalue weighted by atomic mass is 9.98. The summed E-state index contributed by atoms with van der Waals surface area (Å²) in [6, 6.07) is 10.4. The van der Waals surface area contributed by atoms with Gasteiger partial charge in [-0.3, -0.25) is 0 Å². The van der Waals surface area contributed by atoms with Gasteiger partial charge >= 0.3 is 0 Å². The van der Waals surface area contributed by atoms with Crippen molar-refractivity contribution in [3.05, 3.63) is 35.9 Å². The molecule has 0 radical (unpaired) electrons. The second-order valence-corrected chi connectivity index (χ2v) is 6.82. The molecule has 1 aromatic rings. The van der Waals surface area contributed by atoms with Crippen molar-refractivity contribution in [1.29, 1.82) is 0 Å². The summed E-state index contributed by atoms with van der Waals surface area (Å²) in [5.74, 6) is 0.359. The lowest BCUT2D eigenvalue weighted by Gasteiger charge is -2.32. The quantitative estimate of drug-likeness (QED) is 0.813. The van der Waals surface area contributed by atoms with Gasteiger partial charge in [0.15, 0.2) is 0 Å². The Labute approximate surface area is 121 Å². The molecule has 1 heterocycles. The first-order chi connectivity index (χ1) is 9.53. The molecule has 0 bridgehead atoms. The van der Waals surface area contributed by atoms with Crippen LogP contribution >= 0.6 is 0 Å². The number of piperidine rings is 1. The van der Waals surface area contributed by atoms with Crippen molar-refractivity contribution in [1.82, 2.24) is 9.62 Å². The van der Waals surface area contributed by atoms with Gasteiger partial charge in [0.2, 0.25) is 0 Å². The van der Waals surface area contributed by atoms with E-state index in [2.05, 4.69) is 33.9 Å². The Morgan fingerprint density at radius 3 is 2.75 bits per heavy atom. The maximum absolute atomic E-state index is 10.9. The van der Waals surface area contributed by atoms with Gasteiger partial charge in [0.25, 0.3) is 10.2 Å². The molecule has 1 aromatic carbocycles. The summed E-state index contributed by atoms with van der Waals surface area (Å²) in [6.07, 6.45) is 3.21. The highest BCUT2D eigenvalue weighted by atomic mass is 32.2. The van der Waals surface area contributed by atoms with Gasteiger partial charge in [0.05, 0.1) is 0 Å². The highest BCUT2D eigenvalue weighted by Gasteiger charge is 2.20. The fourth-order valence-electron chi connectivity index (χ4n) is 2.69. The molecule has 1 aliphatic heterocycles. The van der Waals surface area contributed by atoms with Crippen LogP contribution in [0.4, 0.5) is 0 Å². The lowest BCUT2D eigenvalue weighted by molar-refractivity contribution is 0.178. The minimum absolute atomic E-state index is 0.359. The summed E-state index contributed by atoms with van der Waals surface area (Å²) in [4.78, 5) is 2.41. The molecule has 1 unspecified atom stereocenters. The fraction of sp³-hybridized carbons (Fsp3) is 0.571. The topological polar surface area (TPSA) is 75.4 Å². The van der Waals surface area contributed by atoms with Crippen LogP contribution < -0.4 is 9.86 Å². The van der Waals surface area contributed by atoms with E-state index >= 15 is 0 Å². The van der Waals surface area contributed by atoms with E-state index in [0.717, 1.165) is 38.9 Å². The molecular weight excluding hydrogens is 274 g/mol. The molecule has 0 saturated carbocycles. The van der Waals surface area contributed by atoms with Crippen molar-refractivity contribution >= 4 is 10.2 Å². The van der Waals surface area contributed by atoms with E-state index in [1.807, 2.05) is 6.07 Å². The first-order valence-corrected chi connectivity index (χ1v) is 8.61. The zero-order valence-corrected chi connectivity index (χ0v) is 12.5. The highest BCUT2D eigenvalue weighted by molar-refractivity contribution is 7.87. The van der Waals surface area contributed by atoms with Crippen LogP contribution in [-0.2, 0) is 16.6 Å². The van der Waals surface area contributed by atoms with E-state index in [9.17, 15) is 8.42 Å². The van der Waals surface area contributed by atoms with E-state index in [0.29, 0.717) is 12.5 Å². The fourth-order valence-corrected chi connectivity index (χ4v) is 3.15. The molecule has 0 aliphatic carbocycles. The molecule has 1 atom stereocenters. The standard InChI is InChI=1S/C14H23N3O2S/c15-20(18,19)16-11-14-7-4-9-17(12-14)10-8-13-5-2-1-3-6-13/h1-3,5-6,14,16H,4,7-12H2,(H2,15,18,19). The average Bonchev–Trinajstić information content (AvgIpc) is 2.44. The Morgan fingerprint density at radius 2 is 2.05 bits per heavy atom. The molecule has 3 N–H and O–H groups in total. The van der Waals surface area contributed by atoms with E-state index in [1.165, 1.54) is 5.56 Å². The van der Waals surface area contributed by atoms with E-state index in [1.54, 1.807) is 0 Å². The van der Waals surface area contributed by atoms with Crippen molar-refractivity contribution < 1.29 is 8.42 Å². The van der Waals surface area contributed by atoms with Crippen LogP contribution in [0.25, 0.3) is 0 Å². The molecule has 2 rings (SSSR count). The summed E-state index contributed by atoms with van der Waals surface area (Å²) in [7, 11) is -3.56. The lowest BCUT2D eigenvalue weighted by Crippen LogP contribution is -2.43. The molecule has 0 spiro atoms. The highest BCUT2D eigenvalue weighted by Crippen LogP contribution is 2.16. The summed E-state index contributed by atoms with van der Waals surface area (Å²) in [6.45, 7) is 3.50. The summed E-state index contributed by atoms with van der Waals surface area (Å²) in [5.41, 5.74) is 1.34. The number of hydrogen-bond donors (Lipinski definition) is 2. The van der Waals surface area contributed by atoms with Gasteiger partial charge in [-0.2, -0.15) is 8.42 Å². The number of nitrogens with one attached hydrogen (secondary N) is 1. The number of likely N-dealkylation sites (tertiary alicyclic amines) is 1. The normalized spacial score (nSPS) is 20.9. The molecule has 1 fully saturated rings. The van der Waals surface area contributed by atoms with Gasteiger partial charge in [0.1, 0.15) is 0 Å². The zero-order chi connectivity index (χ0) is 14.4. The minimum atomic E-state index is -3.56. The third kappa shape index (κ3) is 5.58. The molecular formula is C14H23N3O2S. The van der Waals surface area contributed by atoms with Gasteiger partial charge in [-0.05, 0) is 37.3 Å². The van der Waals surface area contributed by atoms with Crippen LogP contribution in [0, 0.1) is 5.92 Å². The second kappa shape index (κ2) is 7.17. The van der Waals surface area contributed by atoms with Crippen LogP contribution in [0.2, 0.25) is 0 Å². The molecule has 20 heavy (non-hydrogen) atoms. The van der Waals surface area contributed by atoms with Crippen molar-refractivity contribution in [2.75, 3.05) is 26.2 Å². The van der Waals surface area contributed by atoms with E-state index in [-0.39, 0.29) is 0 Å². The first kappa shape index (κ1) is 15.4. The van der Waals surface area contributed by atoms with E-state index in [4.69, 9.17) is 5.14 Å². The number of benzene rings is 1. The van der Waals surface area contributed by atoms with Crippen molar-refractivity contribution in [3.8, 4) is 0 Å². The molecule has 5 nitrogen and oxygen atoms in total. The third-order valence-electron chi connectivity index (χ3n) is 3.74.